The summed E-state index contributed by atoms with van der Waals surface area (Å²) in [5, 5.41) is 0. The van der Waals surface area contributed by atoms with E-state index in [1.54, 1.807) is 0 Å². The fourth-order valence-corrected chi connectivity index (χ4v) is 8.54. The van der Waals surface area contributed by atoms with E-state index in [2.05, 4.69) is 38.2 Å². The molecular weight excluding hydrogens is 806 g/mol. The van der Waals surface area contributed by atoms with Crippen LogP contribution in [0.2, 0.25) is 0 Å². The molecule has 9 heteroatoms. The first-order chi connectivity index (χ1) is 30.6. The molecule has 0 fully saturated rings. The van der Waals surface area contributed by atoms with Crippen LogP contribution in [0.4, 0.5) is 0 Å². The molecule has 0 radical (unpaired) electrons. The van der Waals surface area contributed by atoms with Crippen LogP contribution in [-0.4, -0.2) is 70.7 Å². The minimum atomic E-state index is -4.53. The van der Waals surface area contributed by atoms with Crippen LogP contribution >= 0.6 is 7.82 Å². The summed E-state index contributed by atoms with van der Waals surface area (Å²) in [6, 6.07) is 0. The quantitative estimate of drug-likeness (QED) is 0.0197. The number of allylic oxidation sites excluding steroid dienone is 4. The highest BCUT2D eigenvalue weighted by atomic mass is 31.2. The van der Waals surface area contributed by atoms with Gasteiger partial charge in [0.1, 0.15) is 19.3 Å². The molecule has 2 unspecified atom stereocenters. The van der Waals surface area contributed by atoms with Crippen LogP contribution in [0.25, 0.3) is 0 Å². The van der Waals surface area contributed by atoms with Crippen molar-refractivity contribution in [1.82, 2.24) is 0 Å². The third-order valence-electron chi connectivity index (χ3n) is 12.0. The number of phosphoric acid groups is 1. The SMILES string of the molecule is CCCCC/C=C\C/C=C\CCCCCCCCCC(=O)OC(COCCCCCCCCCCCCCCCCCCCCCCCCCC)COP(=O)([O-])OCC[N+](C)(C)C. The predicted molar refractivity (Wildman–Crippen MR) is 268 cm³/mol. The molecule has 0 N–H and O–H groups in total. The van der Waals surface area contributed by atoms with Gasteiger partial charge in [-0.1, -0.05) is 231 Å². The van der Waals surface area contributed by atoms with Gasteiger partial charge >= 0.3 is 5.97 Å². The fraction of sp³-hybridized carbons (Fsp3) is 0.907. The average Bonchev–Trinajstić information content (AvgIpc) is 3.24. The first-order valence-electron chi connectivity index (χ1n) is 27.1. The Morgan fingerprint density at radius 1 is 0.492 bits per heavy atom. The molecule has 0 spiro atoms. The van der Waals surface area contributed by atoms with E-state index in [4.69, 9.17) is 18.5 Å². The molecule has 0 heterocycles. The maximum absolute atomic E-state index is 12.7. The Labute approximate surface area is 392 Å². The lowest BCUT2D eigenvalue weighted by atomic mass is 10.0. The highest BCUT2D eigenvalue weighted by molar-refractivity contribution is 7.45. The Balaban J connectivity index is 4.05. The van der Waals surface area contributed by atoms with Crippen molar-refractivity contribution in [2.75, 3.05) is 54.1 Å². The van der Waals surface area contributed by atoms with E-state index >= 15 is 0 Å². The molecular formula is C54H106NO7P. The zero-order valence-corrected chi connectivity index (χ0v) is 43.4. The number of likely N-dealkylation sites (N-methyl/N-ethyl adjacent to an activating group) is 1. The first-order valence-corrected chi connectivity index (χ1v) is 28.5. The van der Waals surface area contributed by atoms with Gasteiger partial charge in [-0.3, -0.25) is 9.36 Å². The van der Waals surface area contributed by atoms with Gasteiger partial charge in [0.15, 0.2) is 0 Å². The van der Waals surface area contributed by atoms with Gasteiger partial charge in [-0.2, -0.15) is 0 Å². The molecule has 0 aromatic carbocycles. The van der Waals surface area contributed by atoms with E-state index in [1.165, 1.54) is 193 Å². The number of hydrogen-bond donors (Lipinski definition) is 0. The van der Waals surface area contributed by atoms with Crippen LogP contribution < -0.4 is 4.89 Å². The number of hydrogen-bond acceptors (Lipinski definition) is 7. The number of carbonyl (C=O) groups is 1. The van der Waals surface area contributed by atoms with Crippen LogP contribution in [0, 0.1) is 0 Å². The van der Waals surface area contributed by atoms with E-state index in [1.807, 2.05) is 21.1 Å². The maximum Gasteiger partial charge on any atom is 0.306 e. The molecule has 0 aromatic rings. The largest absolute Gasteiger partial charge is 0.756 e. The molecule has 0 saturated carbocycles. The molecule has 8 nitrogen and oxygen atoms in total. The van der Waals surface area contributed by atoms with Crippen molar-refractivity contribution in [3.63, 3.8) is 0 Å². The number of phosphoric ester groups is 1. The van der Waals surface area contributed by atoms with Crippen LogP contribution in [-0.2, 0) is 27.9 Å². The minimum Gasteiger partial charge on any atom is -0.756 e. The summed E-state index contributed by atoms with van der Waals surface area (Å²) in [7, 11) is 1.36. The van der Waals surface area contributed by atoms with Crippen LogP contribution in [0.15, 0.2) is 24.3 Å². The Morgan fingerprint density at radius 3 is 1.32 bits per heavy atom. The standard InChI is InChI=1S/C54H106NO7P/c1-6-8-10-12-14-16-18-20-22-24-25-26-27-28-29-30-32-34-36-38-40-42-44-46-49-59-51-53(52-61-63(57,58)60-50-48-55(3,4)5)62-54(56)47-45-43-41-39-37-35-33-31-23-21-19-17-15-13-11-9-7-2/h15,17,21,23,53H,6-14,16,18-20,22,24-52H2,1-5H3/b17-15-,23-21-. The summed E-state index contributed by atoms with van der Waals surface area (Å²) in [5.74, 6) is -0.337. The molecule has 2 atom stereocenters. The molecule has 0 rings (SSSR count). The smallest absolute Gasteiger partial charge is 0.306 e. The van der Waals surface area contributed by atoms with Crippen molar-refractivity contribution in [2.24, 2.45) is 0 Å². The number of nitrogens with zero attached hydrogens (tertiary/aromatic N) is 1. The molecule has 0 saturated heterocycles. The number of carbonyl (C=O) groups excluding carboxylic acids is 1. The lowest BCUT2D eigenvalue weighted by Crippen LogP contribution is -2.37. The number of esters is 1. The third kappa shape index (κ3) is 51.8. The van der Waals surface area contributed by atoms with Crippen molar-refractivity contribution in [2.45, 2.75) is 264 Å². The summed E-state index contributed by atoms with van der Waals surface area (Å²) >= 11 is 0. The molecule has 0 amide bonds. The monoisotopic (exact) mass is 912 g/mol. The third-order valence-corrected chi connectivity index (χ3v) is 13.0. The van der Waals surface area contributed by atoms with Gasteiger partial charge in [0.05, 0.1) is 34.4 Å². The summed E-state index contributed by atoms with van der Waals surface area (Å²) in [6.45, 7) is 5.43. The summed E-state index contributed by atoms with van der Waals surface area (Å²) in [4.78, 5) is 25.2. The van der Waals surface area contributed by atoms with Crippen molar-refractivity contribution < 1.29 is 37.3 Å². The predicted octanol–water partition coefficient (Wildman–Crippen LogP) is 16.1. The fourth-order valence-electron chi connectivity index (χ4n) is 7.81. The molecule has 0 aliphatic rings. The van der Waals surface area contributed by atoms with Gasteiger partial charge in [0.2, 0.25) is 0 Å². The Hall–Kier alpha value is -1.02. The molecule has 0 aliphatic heterocycles. The summed E-state index contributed by atoms with van der Waals surface area (Å²) in [5.41, 5.74) is 0. The average molecular weight is 912 g/mol. The second kappa shape index (κ2) is 47.5. The second-order valence-electron chi connectivity index (χ2n) is 19.6. The summed E-state index contributed by atoms with van der Waals surface area (Å²) < 4.78 is 34.8. The molecule has 63 heavy (non-hydrogen) atoms. The topological polar surface area (TPSA) is 94.1 Å². The molecule has 0 aliphatic carbocycles. The normalized spacial score (nSPS) is 13.7. The van der Waals surface area contributed by atoms with Gasteiger partial charge in [-0.05, 0) is 44.9 Å². The van der Waals surface area contributed by atoms with Crippen molar-refractivity contribution >= 4 is 13.8 Å². The Kier molecular flexibility index (Phi) is 46.7. The lowest BCUT2D eigenvalue weighted by Gasteiger charge is -2.28. The second-order valence-corrected chi connectivity index (χ2v) is 21.0. The van der Waals surface area contributed by atoms with E-state index in [9.17, 15) is 14.3 Å². The van der Waals surface area contributed by atoms with Gasteiger partial charge in [0.25, 0.3) is 7.82 Å². The number of quaternary nitrogens is 1. The van der Waals surface area contributed by atoms with Crippen molar-refractivity contribution in [3.05, 3.63) is 24.3 Å². The highest BCUT2D eigenvalue weighted by Crippen LogP contribution is 2.38. The number of ether oxygens (including phenoxy) is 2. The molecule has 0 aromatic heterocycles. The van der Waals surface area contributed by atoms with Crippen molar-refractivity contribution in [3.8, 4) is 0 Å². The van der Waals surface area contributed by atoms with Gasteiger partial charge in [-0.15, -0.1) is 0 Å². The van der Waals surface area contributed by atoms with Gasteiger partial charge in [0, 0.05) is 13.0 Å². The van der Waals surface area contributed by atoms with Crippen LogP contribution in [0.3, 0.4) is 0 Å². The number of rotatable bonds is 51. The minimum absolute atomic E-state index is 0.0268. The molecule has 374 valence electrons. The zero-order valence-electron chi connectivity index (χ0n) is 42.5. The molecule has 0 bridgehead atoms. The highest BCUT2D eigenvalue weighted by Gasteiger charge is 2.20. The lowest BCUT2D eigenvalue weighted by molar-refractivity contribution is -0.870. The maximum atomic E-state index is 12.7. The first kappa shape index (κ1) is 62.0. The Morgan fingerprint density at radius 2 is 0.873 bits per heavy atom. The van der Waals surface area contributed by atoms with E-state index < -0.39 is 13.9 Å². The van der Waals surface area contributed by atoms with E-state index in [0.717, 1.165) is 44.9 Å². The van der Waals surface area contributed by atoms with Crippen LogP contribution in [0.1, 0.15) is 258 Å². The summed E-state index contributed by atoms with van der Waals surface area (Å²) in [6.07, 6.45) is 56.4. The van der Waals surface area contributed by atoms with E-state index in [0.29, 0.717) is 24.1 Å². The Bertz CT molecular complexity index is 1060. The van der Waals surface area contributed by atoms with Gasteiger partial charge in [-0.25, -0.2) is 0 Å². The number of unbranched alkanes of at least 4 members (excludes halogenated alkanes) is 33. The zero-order chi connectivity index (χ0) is 46.2. The van der Waals surface area contributed by atoms with Crippen molar-refractivity contribution in [1.29, 1.82) is 0 Å². The van der Waals surface area contributed by atoms with Gasteiger partial charge < -0.3 is 27.9 Å². The van der Waals surface area contributed by atoms with E-state index in [-0.39, 0.29) is 25.8 Å². The van der Waals surface area contributed by atoms with Crippen LogP contribution in [0.5, 0.6) is 0 Å².